The summed E-state index contributed by atoms with van der Waals surface area (Å²) in [6.07, 6.45) is 2.02. The third kappa shape index (κ3) is 4.53. The van der Waals surface area contributed by atoms with E-state index in [1.54, 1.807) is 41.3 Å². The number of amidine groups is 1. The number of nitrogens with two attached hydrogens (primary N) is 1. The standard InChI is InChI=1S/C24H30N4O4S/c1-17-9-11-27(12-10-17)24(29)22-15-18-7-8-19(23(25)26)16-21(18)28(22,30)13-14-33(31,32)20-5-3-2-4-6-20/h2-8,16-17,22H,9-15H2,1H3,(H3,25,26). The van der Waals surface area contributed by atoms with Gasteiger partial charge in [-0.15, -0.1) is 0 Å². The highest BCUT2D eigenvalue weighted by atomic mass is 32.2. The lowest BCUT2D eigenvalue weighted by Crippen LogP contribution is -2.59. The van der Waals surface area contributed by atoms with Crippen molar-refractivity contribution in [3.63, 3.8) is 0 Å². The van der Waals surface area contributed by atoms with Crippen molar-refractivity contribution < 1.29 is 13.2 Å². The molecule has 8 nitrogen and oxygen atoms in total. The predicted octanol–water partition coefficient (Wildman–Crippen LogP) is 2.43. The molecule has 2 aliphatic rings. The largest absolute Gasteiger partial charge is 0.627 e. The lowest BCUT2D eigenvalue weighted by Gasteiger charge is -2.45. The van der Waals surface area contributed by atoms with E-state index in [0.717, 1.165) is 12.8 Å². The van der Waals surface area contributed by atoms with Crippen molar-refractivity contribution in [2.24, 2.45) is 11.7 Å². The Balaban J connectivity index is 1.67. The van der Waals surface area contributed by atoms with E-state index < -0.39 is 20.5 Å². The molecule has 0 aliphatic carbocycles. The quantitative estimate of drug-likeness (QED) is 0.290. The summed E-state index contributed by atoms with van der Waals surface area (Å²) >= 11 is 0. The zero-order valence-corrected chi connectivity index (χ0v) is 19.6. The van der Waals surface area contributed by atoms with E-state index in [0.29, 0.717) is 35.8 Å². The van der Waals surface area contributed by atoms with Crippen LogP contribution < -0.4 is 10.4 Å². The van der Waals surface area contributed by atoms with Crippen molar-refractivity contribution in [2.45, 2.75) is 37.1 Å². The molecule has 0 spiro atoms. The van der Waals surface area contributed by atoms with Crippen molar-refractivity contribution in [2.75, 3.05) is 25.4 Å². The second-order valence-electron chi connectivity index (χ2n) is 9.14. The molecular weight excluding hydrogens is 440 g/mol. The minimum Gasteiger partial charge on any atom is -0.627 e. The molecule has 1 fully saturated rings. The zero-order chi connectivity index (χ0) is 23.8. The van der Waals surface area contributed by atoms with Gasteiger partial charge in [-0.3, -0.25) is 10.2 Å². The fraction of sp³-hybridized carbons (Fsp3) is 0.417. The number of hydrogen-bond donors (Lipinski definition) is 2. The normalized spacial score (nSPS) is 23.3. The maximum absolute atomic E-state index is 14.4. The molecule has 176 valence electrons. The molecule has 3 N–H and O–H groups in total. The van der Waals surface area contributed by atoms with Crippen LogP contribution >= 0.6 is 0 Å². The zero-order valence-electron chi connectivity index (χ0n) is 18.7. The Hall–Kier alpha value is -2.75. The van der Waals surface area contributed by atoms with Gasteiger partial charge in [0.2, 0.25) is 0 Å². The molecule has 2 unspecified atom stereocenters. The predicted molar refractivity (Wildman–Crippen MR) is 128 cm³/mol. The molecule has 0 bridgehead atoms. The van der Waals surface area contributed by atoms with E-state index in [2.05, 4.69) is 6.92 Å². The molecule has 2 aliphatic heterocycles. The van der Waals surface area contributed by atoms with Crippen LogP contribution in [0.3, 0.4) is 0 Å². The van der Waals surface area contributed by atoms with E-state index in [9.17, 15) is 18.4 Å². The lowest BCUT2D eigenvalue weighted by atomic mass is 9.98. The Morgan fingerprint density at radius 1 is 1.18 bits per heavy atom. The number of nitrogens with zero attached hydrogens (tertiary/aromatic N) is 2. The number of hydroxylamine groups is 2. The van der Waals surface area contributed by atoms with Crippen LogP contribution in [0.4, 0.5) is 5.69 Å². The first-order chi connectivity index (χ1) is 15.6. The van der Waals surface area contributed by atoms with Gasteiger partial charge in [0.25, 0.3) is 5.91 Å². The molecule has 0 saturated carbocycles. The van der Waals surface area contributed by atoms with Crippen LogP contribution in [0.15, 0.2) is 53.4 Å². The van der Waals surface area contributed by atoms with E-state index in [1.165, 1.54) is 12.1 Å². The number of quaternary nitrogens is 1. The number of piperidine rings is 1. The Kier molecular flexibility index (Phi) is 6.30. The minimum atomic E-state index is -3.70. The summed E-state index contributed by atoms with van der Waals surface area (Å²) in [4.78, 5) is 15.4. The second kappa shape index (κ2) is 8.89. The van der Waals surface area contributed by atoms with Crippen LogP contribution in [0.2, 0.25) is 0 Å². The number of nitrogens with one attached hydrogen (secondary N) is 1. The van der Waals surface area contributed by atoms with Crippen LogP contribution in [0, 0.1) is 16.5 Å². The van der Waals surface area contributed by atoms with E-state index in [-0.39, 0.29) is 35.4 Å². The number of amides is 1. The summed E-state index contributed by atoms with van der Waals surface area (Å²) in [5, 5.41) is 22.1. The third-order valence-electron chi connectivity index (χ3n) is 6.90. The summed E-state index contributed by atoms with van der Waals surface area (Å²) in [7, 11) is -3.70. The van der Waals surface area contributed by atoms with Crippen LogP contribution in [0.5, 0.6) is 0 Å². The Morgan fingerprint density at radius 2 is 1.85 bits per heavy atom. The maximum Gasteiger partial charge on any atom is 0.282 e. The van der Waals surface area contributed by atoms with E-state index in [1.807, 2.05) is 0 Å². The number of rotatable bonds is 6. The molecule has 0 radical (unpaired) electrons. The highest BCUT2D eigenvalue weighted by Gasteiger charge is 2.47. The second-order valence-corrected chi connectivity index (χ2v) is 11.2. The van der Waals surface area contributed by atoms with Gasteiger partial charge in [0, 0.05) is 36.7 Å². The molecular formula is C24H30N4O4S. The van der Waals surface area contributed by atoms with Crippen LogP contribution in [-0.4, -0.2) is 56.5 Å². The van der Waals surface area contributed by atoms with Gasteiger partial charge >= 0.3 is 0 Å². The van der Waals surface area contributed by atoms with Crippen molar-refractivity contribution in [3.05, 3.63) is 64.9 Å². The minimum absolute atomic E-state index is 0.154. The number of hydrogen-bond acceptors (Lipinski definition) is 5. The van der Waals surface area contributed by atoms with Crippen molar-refractivity contribution in [1.82, 2.24) is 9.55 Å². The molecule has 2 aromatic rings. The number of fused-ring (bicyclic) bond motifs is 1. The van der Waals surface area contributed by atoms with Gasteiger partial charge in [-0.2, -0.15) is 0 Å². The van der Waals surface area contributed by atoms with Gasteiger partial charge in [0.1, 0.15) is 17.3 Å². The number of likely N-dealkylation sites (tertiary alicyclic amines) is 1. The third-order valence-corrected chi connectivity index (χ3v) is 8.61. The van der Waals surface area contributed by atoms with Crippen molar-refractivity contribution >= 4 is 27.3 Å². The topological polar surface area (TPSA) is 127 Å². The highest BCUT2D eigenvalue weighted by Crippen LogP contribution is 2.40. The summed E-state index contributed by atoms with van der Waals surface area (Å²) in [6.45, 7) is 3.08. The smallest absolute Gasteiger partial charge is 0.282 e. The average molecular weight is 471 g/mol. The lowest BCUT2D eigenvalue weighted by molar-refractivity contribution is -0.136. The maximum atomic E-state index is 14.4. The summed E-state index contributed by atoms with van der Waals surface area (Å²) < 4.78 is 24.8. The first-order valence-corrected chi connectivity index (χ1v) is 12.9. The Labute approximate surface area is 194 Å². The first-order valence-electron chi connectivity index (χ1n) is 11.2. The molecule has 1 saturated heterocycles. The Bertz CT molecular complexity index is 1160. The number of nitrogen functional groups attached to an aromatic ring is 1. The molecule has 2 heterocycles. The number of carbonyl (C=O) groups is 1. The summed E-state index contributed by atoms with van der Waals surface area (Å²) in [5.74, 6) is -0.253. The number of sulfone groups is 1. The van der Waals surface area contributed by atoms with Gasteiger partial charge in [0.15, 0.2) is 15.9 Å². The van der Waals surface area contributed by atoms with Crippen molar-refractivity contribution in [3.8, 4) is 0 Å². The average Bonchev–Trinajstić information content (AvgIpc) is 3.10. The van der Waals surface area contributed by atoms with Gasteiger partial charge in [-0.1, -0.05) is 37.3 Å². The molecule has 2 atom stereocenters. The monoisotopic (exact) mass is 470 g/mol. The van der Waals surface area contributed by atoms with E-state index >= 15 is 0 Å². The molecule has 4 rings (SSSR count). The number of carbonyl (C=O) groups excluding carboxylic acids is 1. The van der Waals surface area contributed by atoms with Crippen LogP contribution in [0.1, 0.15) is 30.9 Å². The fourth-order valence-corrected chi connectivity index (χ4v) is 6.08. The van der Waals surface area contributed by atoms with E-state index in [4.69, 9.17) is 11.1 Å². The van der Waals surface area contributed by atoms with Gasteiger partial charge in [-0.25, -0.2) is 8.42 Å². The molecule has 9 heteroatoms. The Morgan fingerprint density at radius 3 is 2.48 bits per heavy atom. The SMILES string of the molecule is CC1CCN(C(=O)C2Cc3ccc(C(=N)N)cc3[N+]2([O-])CCS(=O)(=O)c2ccccc2)CC1. The van der Waals surface area contributed by atoms with Gasteiger partial charge < -0.3 is 20.5 Å². The van der Waals surface area contributed by atoms with Crippen molar-refractivity contribution in [1.29, 1.82) is 5.41 Å². The number of benzene rings is 2. The van der Waals surface area contributed by atoms with Crippen LogP contribution in [-0.2, 0) is 21.1 Å². The highest BCUT2D eigenvalue weighted by molar-refractivity contribution is 7.91. The molecule has 1 amide bonds. The van der Waals surface area contributed by atoms with Gasteiger partial charge in [0.05, 0.1) is 11.4 Å². The van der Waals surface area contributed by atoms with Gasteiger partial charge in [-0.05, 0) is 30.9 Å². The first kappa shape index (κ1) is 23.4. The summed E-state index contributed by atoms with van der Waals surface area (Å²) in [6, 6.07) is 12.0. The fourth-order valence-electron chi connectivity index (χ4n) is 4.76. The molecule has 2 aromatic carbocycles. The van der Waals surface area contributed by atoms with Crippen LogP contribution in [0.25, 0.3) is 0 Å². The molecule has 33 heavy (non-hydrogen) atoms. The molecule has 0 aromatic heterocycles. The summed E-state index contributed by atoms with van der Waals surface area (Å²) in [5.41, 5.74) is 7.06.